The highest BCUT2D eigenvalue weighted by molar-refractivity contribution is 9.10. The van der Waals surface area contributed by atoms with Crippen molar-refractivity contribution in [3.8, 4) is 0 Å². The fourth-order valence-electron chi connectivity index (χ4n) is 0.799. The lowest BCUT2D eigenvalue weighted by Gasteiger charge is -2.13. The minimum Gasteiger partial charge on any atom is -0.423 e. The Morgan fingerprint density at radius 2 is 2.18 bits per heavy atom. The van der Waals surface area contributed by atoms with Gasteiger partial charge in [-0.15, -0.1) is 0 Å². The number of hydrogen-bond donors (Lipinski definition) is 2. The molecule has 58 valence electrons. The molecule has 0 saturated carbocycles. The van der Waals surface area contributed by atoms with E-state index in [1.807, 2.05) is 6.08 Å². The van der Waals surface area contributed by atoms with Crippen molar-refractivity contribution in [3.05, 3.63) is 23.7 Å². The minimum absolute atomic E-state index is 0.0562. The monoisotopic (exact) mass is 232 g/mol. The van der Waals surface area contributed by atoms with Gasteiger partial charge in [0.15, 0.2) is 0 Å². The molecule has 0 radical (unpaired) electrons. The third-order valence-corrected chi connectivity index (χ3v) is 2.92. The lowest BCUT2D eigenvalue weighted by molar-refractivity contribution is 0.421. The molecule has 1 aliphatic carbocycles. The van der Waals surface area contributed by atoms with E-state index in [1.54, 1.807) is 12.2 Å². The summed E-state index contributed by atoms with van der Waals surface area (Å²) in [6.07, 6.45) is 5.18. The number of hydrogen-bond acceptors (Lipinski definition) is 3. The van der Waals surface area contributed by atoms with Crippen LogP contribution in [0, 0.1) is 0 Å². The van der Waals surface area contributed by atoms with Crippen LogP contribution in [-0.4, -0.2) is 26.9 Å². The molecule has 1 atom stereocenters. The summed E-state index contributed by atoms with van der Waals surface area (Å²) >= 11 is 8.21. The SMILES string of the molecule is OB(O)C1=CC=CC(Br)C1=S. The molecule has 0 spiro atoms. The number of halogens is 1. The molecule has 0 aromatic heterocycles. The van der Waals surface area contributed by atoms with Crippen LogP contribution in [-0.2, 0) is 0 Å². The van der Waals surface area contributed by atoms with E-state index in [1.165, 1.54) is 0 Å². The third-order valence-electron chi connectivity index (χ3n) is 1.37. The van der Waals surface area contributed by atoms with E-state index in [-0.39, 0.29) is 4.83 Å². The Morgan fingerprint density at radius 1 is 1.55 bits per heavy atom. The van der Waals surface area contributed by atoms with Crippen LogP contribution >= 0.6 is 28.1 Å². The molecule has 1 unspecified atom stereocenters. The number of alkyl halides is 1. The third kappa shape index (κ3) is 1.99. The summed E-state index contributed by atoms with van der Waals surface area (Å²) in [5.41, 5.74) is 0.393. The molecule has 0 fully saturated rings. The van der Waals surface area contributed by atoms with E-state index in [0.29, 0.717) is 10.3 Å². The van der Waals surface area contributed by atoms with E-state index < -0.39 is 7.12 Å². The van der Waals surface area contributed by atoms with Crippen molar-refractivity contribution in [2.45, 2.75) is 4.83 Å². The zero-order chi connectivity index (χ0) is 8.43. The molecule has 0 aliphatic heterocycles. The first-order valence-electron chi connectivity index (χ1n) is 3.05. The maximum atomic E-state index is 8.81. The molecule has 0 aromatic carbocycles. The summed E-state index contributed by atoms with van der Waals surface area (Å²) in [6.45, 7) is 0. The highest BCUT2D eigenvalue weighted by Gasteiger charge is 2.23. The summed E-state index contributed by atoms with van der Waals surface area (Å²) in [4.78, 5) is 0.474. The van der Waals surface area contributed by atoms with Crippen LogP contribution in [0.25, 0.3) is 0 Å². The zero-order valence-electron chi connectivity index (χ0n) is 5.57. The van der Waals surface area contributed by atoms with Gasteiger partial charge in [0.2, 0.25) is 0 Å². The van der Waals surface area contributed by atoms with Crippen LogP contribution in [0.5, 0.6) is 0 Å². The van der Waals surface area contributed by atoms with Crippen molar-refractivity contribution in [1.82, 2.24) is 0 Å². The predicted octanol–water partition coefficient (Wildman–Crippen LogP) is 0.628. The van der Waals surface area contributed by atoms with Crippen molar-refractivity contribution < 1.29 is 10.0 Å². The Labute approximate surface area is 78.9 Å². The average molecular weight is 233 g/mol. The van der Waals surface area contributed by atoms with Crippen molar-refractivity contribution in [2.75, 3.05) is 0 Å². The second kappa shape index (κ2) is 3.62. The van der Waals surface area contributed by atoms with Crippen LogP contribution in [0.1, 0.15) is 0 Å². The minimum atomic E-state index is -1.47. The number of rotatable bonds is 1. The molecule has 0 aromatic rings. The van der Waals surface area contributed by atoms with Gasteiger partial charge in [-0.2, -0.15) is 0 Å². The number of allylic oxidation sites excluding steroid dienone is 4. The van der Waals surface area contributed by atoms with Crippen molar-refractivity contribution in [2.24, 2.45) is 0 Å². The molecule has 2 nitrogen and oxygen atoms in total. The van der Waals surface area contributed by atoms with Crippen molar-refractivity contribution >= 4 is 40.1 Å². The van der Waals surface area contributed by atoms with Gasteiger partial charge in [0.05, 0.1) is 4.83 Å². The lowest BCUT2D eigenvalue weighted by atomic mass is 9.75. The summed E-state index contributed by atoms with van der Waals surface area (Å²) in [6, 6.07) is 0. The van der Waals surface area contributed by atoms with Crippen LogP contribution in [0.2, 0.25) is 0 Å². The fraction of sp³-hybridized carbons (Fsp3) is 0.167. The quantitative estimate of drug-likeness (QED) is 0.396. The van der Waals surface area contributed by atoms with Crippen molar-refractivity contribution in [1.29, 1.82) is 0 Å². The Kier molecular flexibility index (Phi) is 3.01. The molecule has 0 saturated heterocycles. The van der Waals surface area contributed by atoms with Gasteiger partial charge >= 0.3 is 7.12 Å². The Balaban J connectivity index is 2.87. The maximum Gasteiger partial charge on any atom is 0.489 e. The largest absolute Gasteiger partial charge is 0.489 e. The van der Waals surface area contributed by atoms with Gasteiger partial charge < -0.3 is 10.0 Å². The molecule has 1 aliphatic rings. The number of thiocarbonyl (C=S) groups is 1. The summed E-state index contributed by atoms with van der Waals surface area (Å²) in [5.74, 6) is 0. The fourth-order valence-corrected chi connectivity index (χ4v) is 1.49. The molecule has 0 heterocycles. The van der Waals surface area contributed by atoms with Crippen LogP contribution in [0.4, 0.5) is 0 Å². The lowest BCUT2D eigenvalue weighted by Crippen LogP contribution is -2.27. The van der Waals surface area contributed by atoms with Gasteiger partial charge in [0, 0.05) is 4.86 Å². The first-order valence-corrected chi connectivity index (χ1v) is 4.38. The van der Waals surface area contributed by atoms with Crippen LogP contribution in [0.3, 0.4) is 0 Å². The van der Waals surface area contributed by atoms with E-state index in [9.17, 15) is 0 Å². The first-order chi connectivity index (χ1) is 5.13. The molecule has 0 amide bonds. The molecule has 1 rings (SSSR count). The van der Waals surface area contributed by atoms with E-state index in [2.05, 4.69) is 15.9 Å². The Bertz CT molecular complexity index is 237. The van der Waals surface area contributed by atoms with Gasteiger partial charge in [0.25, 0.3) is 0 Å². The predicted molar refractivity (Wildman–Crippen MR) is 52.7 cm³/mol. The second-order valence-corrected chi connectivity index (χ2v) is 3.57. The molecular weight excluding hydrogens is 227 g/mol. The standard InChI is InChI=1S/C6H6BBrO2S/c8-5-3-1-2-4(6(5)11)7(9)10/h1-3,5,9-10H. The van der Waals surface area contributed by atoms with Crippen LogP contribution < -0.4 is 0 Å². The smallest absolute Gasteiger partial charge is 0.423 e. The van der Waals surface area contributed by atoms with Gasteiger partial charge in [-0.3, -0.25) is 0 Å². The highest BCUT2D eigenvalue weighted by atomic mass is 79.9. The second-order valence-electron chi connectivity index (χ2n) is 2.15. The summed E-state index contributed by atoms with van der Waals surface area (Å²) < 4.78 is 0. The molecule has 11 heavy (non-hydrogen) atoms. The first kappa shape index (κ1) is 9.13. The van der Waals surface area contributed by atoms with E-state index >= 15 is 0 Å². The maximum absolute atomic E-state index is 8.81. The highest BCUT2D eigenvalue weighted by Crippen LogP contribution is 2.17. The molecule has 2 N–H and O–H groups in total. The average Bonchev–Trinajstić information content (AvgIpc) is 1.94. The Morgan fingerprint density at radius 3 is 2.64 bits per heavy atom. The molecule has 5 heteroatoms. The Hall–Kier alpha value is 0.0349. The summed E-state index contributed by atoms with van der Waals surface area (Å²) in [7, 11) is -1.47. The molecule has 0 bridgehead atoms. The van der Waals surface area contributed by atoms with E-state index in [0.717, 1.165) is 0 Å². The summed E-state index contributed by atoms with van der Waals surface area (Å²) in [5, 5.41) is 17.6. The van der Waals surface area contributed by atoms with Gasteiger partial charge in [0.1, 0.15) is 0 Å². The molecular formula is C6H6BBrO2S. The van der Waals surface area contributed by atoms with E-state index in [4.69, 9.17) is 22.3 Å². The van der Waals surface area contributed by atoms with Crippen LogP contribution in [0.15, 0.2) is 23.7 Å². The normalized spacial score (nSPS) is 23.4. The van der Waals surface area contributed by atoms with Gasteiger partial charge in [-0.05, 0) is 5.47 Å². The topological polar surface area (TPSA) is 40.5 Å². The van der Waals surface area contributed by atoms with Crippen molar-refractivity contribution in [3.63, 3.8) is 0 Å². The van der Waals surface area contributed by atoms with Gasteiger partial charge in [-0.1, -0.05) is 46.4 Å². The van der Waals surface area contributed by atoms with Gasteiger partial charge in [-0.25, -0.2) is 0 Å². The zero-order valence-corrected chi connectivity index (χ0v) is 7.97.